The van der Waals surface area contributed by atoms with Gasteiger partial charge in [0.05, 0.1) is 28.5 Å². The van der Waals surface area contributed by atoms with Crippen LogP contribution in [0.1, 0.15) is 44.8 Å². The highest BCUT2D eigenvalue weighted by Gasteiger charge is 2.21. The molecule has 1 fully saturated rings. The van der Waals surface area contributed by atoms with Crippen LogP contribution in [0.15, 0.2) is 323 Å². The summed E-state index contributed by atoms with van der Waals surface area (Å²) in [5, 5.41) is 20.9. The second-order valence-corrected chi connectivity index (χ2v) is 34.5. The number of pyridine rings is 13. The topological polar surface area (TPSA) is 236 Å². The molecule has 0 radical (unpaired) electrons. The summed E-state index contributed by atoms with van der Waals surface area (Å²) in [6.45, 7) is 11.7. The lowest BCUT2D eigenvalue weighted by molar-refractivity contribution is 0.623. The van der Waals surface area contributed by atoms with Crippen molar-refractivity contribution in [1.29, 1.82) is 0 Å². The van der Waals surface area contributed by atoms with Crippen LogP contribution in [0.4, 0.5) is 51.0 Å². The number of aryl methyl sites for hydroxylation is 4. The fraction of sp³-hybridized carbons (Fsp3) is 0.113. The van der Waals surface area contributed by atoms with Gasteiger partial charge in [-0.25, -0.2) is 46.9 Å². The first kappa shape index (κ1) is 87.1. The summed E-state index contributed by atoms with van der Waals surface area (Å²) in [6, 6.07) is 73.3. The molecule has 0 unspecified atom stereocenters. The number of nitrogens with one attached hydrogen (secondary N) is 4. The maximum atomic E-state index is 14.7. The SMILES string of the molecule is C=S1(=O)CCN(c2ccc(CNc3nccc4cc(-c5cccc(F)c5)ncc34)cn2)CC1.Cc1cc(-c2ccc(CNc3nccc4cc(-c5cccc(F)c5)ncc34)cn2)ccn1.Cc1cc(-c2ncc(CNc3nccc4cc(-c5cccc(F)c5)ncc34)cc2F)ccn1.Cc1cccc(-c2ccc(CNc3nccc4cc(-c5cccc(F)c5)ncc34)cc2C)c1. The van der Waals surface area contributed by atoms with Crippen LogP contribution >= 0.6 is 0 Å². The Bertz CT molecular complexity index is 7270. The molecule has 1 aliphatic rings. The van der Waals surface area contributed by atoms with Crippen LogP contribution in [0.5, 0.6) is 0 Å². The Hall–Kier alpha value is -16.0. The minimum Gasteiger partial charge on any atom is -0.365 e. The van der Waals surface area contributed by atoms with Crippen molar-refractivity contribution in [3.63, 3.8) is 0 Å². The van der Waals surface area contributed by atoms with Crippen LogP contribution in [0.2, 0.25) is 0 Å². The molecule has 4 N–H and O–H groups in total. The van der Waals surface area contributed by atoms with Crippen LogP contribution in [0, 0.1) is 56.8 Å². The van der Waals surface area contributed by atoms with Gasteiger partial charge in [-0.15, -0.1) is 0 Å². The predicted molar refractivity (Wildman–Crippen MR) is 516 cm³/mol. The number of halogens is 5. The Kier molecular flexibility index (Phi) is 26.5. The van der Waals surface area contributed by atoms with Crippen LogP contribution < -0.4 is 26.2 Å². The average Bonchev–Trinajstić information content (AvgIpc) is 0.800. The van der Waals surface area contributed by atoms with Crippen LogP contribution in [0.3, 0.4) is 0 Å². The Balaban J connectivity index is 0.000000122. The number of aromatic nitrogens is 13. The van der Waals surface area contributed by atoms with E-state index in [2.05, 4.69) is 159 Å². The van der Waals surface area contributed by atoms with E-state index in [9.17, 15) is 26.2 Å². The predicted octanol–water partition coefficient (Wildman–Crippen LogP) is 23.1. The van der Waals surface area contributed by atoms with Gasteiger partial charge in [0.15, 0.2) is 0 Å². The molecule has 19 nitrogen and oxygen atoms in total. The van der Waals surface area contributed by atoms with E-state index in [4.69, 9.17) is 0 Å². The number of fused-ring (bicyclic) bond motifs is 4. The summed E-state index contributed by atoms with van der Waals surface area (Å²) in [6.07, 6.45) is 22.8. The van der Waals surface area contributed by atoms with Gasteiger partial charge in [0, 0.05) is 198 Å². The number of benzene rings is 6. The van der Waals surface area contributed by atoms with Gasteiger partial charge in [0.2, 0.25) is 0 Å². The van der Waals surface area contributed by atoms with Gasteiger partial charge < -0.3 is 26.2 Å². The lowest BCUT2D eigenvalue weighted by Gasteiger charge is -2.29. The normalized spacial score (nSPS) is 12.1. The maximum Gasteiger partial charge on any atom is 0.149 e. The molecule has 1 saturated heterocycles. The third kappa shape index (κ3) is 21.8. The summed E-state index contributed by atoms with van der Waals surface area (Å²) in [5.41, 5.74) is 19.4. The van der Waals surface area contributed by atoms with Gasteiger partial charge in [-0.1, -0.05) is 109 Å². The van der Waals surface area contributed by atoms with Crippen molar-refractivity contribution in [2.45, 2.75) is 53.9 Å². The van der Waals surface area contributed by atoms with Crippen molar-refractivity contribution >= 4 is 87.6 Å². The molecule has 0 aliphatic carbocycles. The zero-order valence-corrected chi connectivity index (χ0v) is 72.7. The Labute approximate surface area is 754 Å². The van der Waals surface area contributed by atoms with E-state index in [1.807, 2.05) is 129 Å². The van der Waals surface area contributed by atoms with Crippen LogP contribution in [-0.4, -0.2) is 99.5 Å². The van der Waals surface area contributed by atoms with Gasteiger partial charge in [0.1, 0.15) is 63.9 Å². The highest BCUT2D eigenvalue weighted by Crippen LogP contribution is 2.34. The molecule has 0 spiro atoms. The van der Waals surface area contributed by atoms with Gasteiger partial charge in [0.25, 0.3) is 0 Å². The zero-order valence-electron chi connectivity index (χ0n) is 71.9. The van der Waals surface area contributed by atoms with Gasteiger partial charge in [-0.3, -0.25) is 44.1 Å². The lowest BCUT2D eigenvalue weighted by atomic mass is 9.97. The summed E-state index contributed by atoms with van der Waals surface area (Å²) in [7, 11) is -1.92. The molecule has 19 aromatic rings. The number of anilines is 5. The summed E-state index contributed by atoms with van der Waals surface area (Å²) < 4.78 is 81.1. The molecule has 131 heavy (non-hydrogen) atoms. The second-order valence-electron chi connectivity index (χ2n) is 31.8. The van der Waals surface area contributed by atoms with Crippen molar-refractivity contribution in [3.05, 3.63) is 397 Å². The molecule has 0 atom stereocenters. The molecule has 648 valence electrons. The third-order valence-electron chi connectivity index (χ3n) is 22.2. The highest BCUT2D eigenvalue weighted by atomic mass is 32.2. The Morgan fingerprint density at radius 2 is 0.695 bits per heavy atom. The fourth-order valence-corrected chi connectivity index (χ4v) is 16.7. The maximum absolute atomic E-state index is 14.7. The molecule has 0 bridgehead atoms. The minimum atomic E-state index is -1.92. The second kappa shape index (κ2) is 39.9. The third-order valence-corrected chi connectivity index (χ3v) is 24.1. The van der Waals surface area contributed by atoms with Crippen LogP contribution in [-0.2, 0) is 35.7 Å². The average molecular weight is 1760 g/mol. The fourth-order valence-electron chi connectivity index (χ4n) is 15.4. The minimum absolute atomic E-state index is 0.268. The molecule has 14 heterocycles. The number of hydrogen-bond acceptors (Lipinski definition) is 19. The summed E-state index contributed by atoms with van der Waals surface area (Å²) in [5.74, 6) is 7.29. The van der Waals surface area contributed by atoms with E-state index in [-0.39, 0.29) is 23.3 Å². The van der Waals surface area contributed by atoms with E-state index < -0.39 is 15.3 Å². The van der Waals surface area contributed by atoms with Gasteiger partial charge >= 0.3 is 0 Å². The molecular weight excluding hydrogens is 1670 g/mol. The molecule has 0 saturated carbocycles. The monoisotopic (exact) mass is 1750 g/mol. The van der Waals surface area contributed by atoms with Crippen molar-refractivity contribution in [2.24, 2.45) is 0 Å². The largest absolute Gasteiger partial charge is 0.365 e. The number of rotatable bonds is 20. The van der Waals surface area contributed by atoms with E-state index in [1.165, 1.54) is 82.4 Å². The Morgan fingerprint density at radius 3 is 1.10 bits per heavy atom. The first-order chi connectivity index (χ1) is 63.7. The van der Waals surface area contributed by atoms with Crippen molar-refractivity contribution in [3.8, 4) is 78.7 Å². The van der Waals surface area contributed by atoms with E-state index in [1.54, 1.807) is 105 Å². The van der Waals surface area contributed by atoms with Gasteiger partial charge in [-0.05, 0) is 243 Å². The lowest BCUT2D eigenvalue weighted by Crippen LogP contribution is -2.40. The van der Waals surface area contributed by atoms with Gasteiger partial charge in [-0.2, -0.15) is 0 Å². The summed E-state index contributed by atoms with van der Waals surface area (Å²) in [4.78, 5) is 59.9. The van der Waals surface area contributed by atoms with Crippen LogP contribution in [0.25, 0.3) is 122 Å². The molecule has 20 rings (SSSR count). The van der Waals surface area contributed by atoms with E-state index >= 15 is 0 Å². The highest BCUT2D eigenvalue weighted by molar-refractivity contribution is 8.00. The van der Waals surface area contributed by atoms with Crippen molar-refractivity contribution in [2.75, 3.05) is 50.8 Å². The van der Waals surface area contributed by atoms with E-state index in [0.717, 1.165) is 141 Å². The molecule has 1 aliphatic heterocycles. The zero-order chi connectivity index (χ0) is 90.3. The molecular formula is C106H87F5N18OS. The molecule has 6 aromatic carbocycles. The molecule has 13 aromatic heterocycles. The number of hydrogen-bond donors (Lipinski definition) is 4. The first-order valence-corrected chi connectivity index (χ1v) is 44.5. The van der Waals surface area contributed by atoms with Crippen molar-refractivity contribution in [1.82, 2.24) is 64.8 Å². The Morgan fingerprint density at radius 1 is 0.321 bits per heavy atom. The van der Waals surface area contributed by atoms with Crippen molar-refractivity contribution < 1.29 is 26.2 Å². The quantitative estimate of drug-likeness (QED) is 0.0410. The molecule has 25 heteroatoms. The number of nitrogens with zero attached hydrogens (tertiary/aromatic N) is 14. The van der Waals surface area contributed by atoms with E-state index in [0.29, 0.717) is 77.3 Å². The first-order valence-electron chi connectivity index (χ1n) is 42.4. The molecule has 0 amide bonds. The standard InChI is InChI=1S/C29H24FN3.C26H19F2N5.C26H20FN5.C25H24FN5OS/c1-19-5-3-6-22(13-19)26-10-9-21(14-20(26)2)17-33-29-27-18-32-28(16-23(27)11-12-31-29)24-7-4-8-25(30)15-24;1-16-9-20(6-7-29-16)25-23(28)10-17(13-32-25)14-33-26-22-15-31-24(12-18(22)5-8-30-26)19-3-2-4-21(27)11-19;1-17-11-21(8-9-28-17)24-6-5-18(14-30-24)15-32-26-23-16-31-25(13-19(23)7-10-29-26)20-3-2-4-22(27)12-20;1-33(32)11-9-31(10-12-33)24-6-5-18(15-29-24)16-30-25-22-17-28-23(14-19(22)7-8-27-25)20-3-2-4-21(26)13-20/h3-16,18H,17H2,1-2H3,(H,31,33);2-13,15H,14H2,1H3,(H,30,33);2-14,16H,15H2,1H3,(H,29,32);2-8,13-15,17H,1,9-12,16H2,(H,27,30). The smallest absolute Gasteiger partial charge is 0.149 e. The summed E-state index contributed by atoms with van der Waals surface area (Å²) >= 11 is 0.